The van der Waals surface area contributed by atoms with Gasteiger partial charge in [-0.25, -0.2) is 4.68 Å². The quantitative estimate of drug-likeness (QED) is 0.812. The molecular weight excluding hydrogens is 290 g/mol. The van der Waals surface area contributed by atoms with Crippen molar-refractivity contribution in [3.63, 3.8) is 0 Å². The Balaban J connectivity index is 1.62. The molecule has 1 aromatic carbocycles. The van der Waals surface area contributed by atoms with Crippen LogP contribution < -0.4 is 0 Å². The number of ether oxygens (including phenoxy) is 1. The van der Waals surface area contributed by atoms with E-state index in [2.05, 4.69) is 11.2 Å². The zero-order chi connectivity index (χ0) is 16.1. The first-order valence-electron chi connectivity index (χ1n) is 7.91. The topological polar surface area (TPSA) is 67.9 Å². The summed E-state index contributed by atoms with van der Waals surface area (Å²) in [4.78, 5) is 12.3. The van der Waals surface area contributed by atoms with E-state index in [1.165, 1.54) is 0 Å². The van der Waals surface area contributed by atoms with E-state index in [-0.39, 0.29) is 12.6 Å². The highest BCUT2D eigenvalue weighted by Crippen LogP contribution is 2.37. The smallest absolute Gasteiger partial charge is 0.326 e. The Morgan fingerprint density at radius 1 is 1.26 bits per heavy atom. The number of hydrogen-bond acceptors (Lipinski definition) is 4. The fraction of sp³-hybridized carbons (Fsp3) is 0.389. The molecule has 0 unspecified atom stereocenters. The molecule has 118 valence electrons. The third-order valence-corrected chi connectivity index (χ3v) is 4.39. The fourth-order valence-corrected chi connectivity index (χ4v) is 2.97. The maximum Gasteiger partial charge on any atom is 0.326 e. The second-order valence-electron chi connectivity index (χ2n) is 5.95. The number of hydrogen-bond donors (Lipinski definition) is 0. The number of carbonyl (C=O) groups excluding carboxylic acids is 1. The SMILES string of the molecule is N#CC1(C(=O)OCc2ccc(-n3cccn3)cc2)CCCCC1. The Labute approximate surface area is 135 Å². The van der Waals surface area contributed by atoms with Crippen LogP contribution >= 0.6 is 0 Å². The van der Waals surface area contributed by atoms with Gasteiger partial charge in [-0.1, -0.05) is 31.4 Å². The average Bonchev–Trinajstić information content (AvgIpc) is 3.15. The second kappa shape index (κ2) is 6.66. The number of benzene rings is 1. The number of esters is 1. The number of aromatic nitrogens is 2. The predicted molar refractivity (Wildman–Crippen MR) is 84.5 cm³/mol. The lowest BCUT2D eigenvalue weighted by Gasteiger charge is -2.28. The fourth-order valence-electron chi connectivity index (χ4n) is 2.97. The van der Waals surface area contributed by atoms with E-state index in [0.29, 0.717) is 12.8 Å². The van der Waals surface area contributed by atoms with Crippen LogP contribution in [0.1, 0.15) is 37.7 Å². The molecular formula is C18H19N3O2. The van der Waals surface area contributed by atoms with Crippen LogP contribution in [0, 0.1) is 16.7 Å². The minimum Gasteiger partial charge on any atom is -0.460 e. The van der Waals surface area contributed by atoms with Crippen molar-refractivity contribution in [3.05, 3.63) is 48.3 Å². The Bertz CT molecular complexity index is 693. The monoisotopic (exact) mass is 309 g/mol. The Morgan fingerprint density at radius 2 is 2.00 bits per heavy atom. The molecule has 23 heavy (non-hydrogen) atoms. The number of carbonyl (C=O) groups is 1. The van der Waals surface area contributed by atoms with Crippen molar-refractivity contribution in [2.75, 3.05) is 0 Å². The molecule has 1 saturated carbocycles. The van der Waals surface area contributed by atoms with Gasteiger partial charge in [0.15, 0.2) is 5.41 Å². The van der Waals surface area contributed by atoms with Crippen LogP contribution in [-0.4, -0.2) is 15.7 Å². The molecule has 5 nitrogen and oxygen atoms in total. The number of nitriles is 1. The minimum atomic E-state index is -0.937. The second-order valence-corrected chi connectivity index (χ2v) is 5.95. The van der Waals surface area contributed by atoms with Crippen LogP contribution in [0.4, 0.5) is 0 Å². The average molecular weight is 309 g/mol. The lowest BCUT2D eigenvalue weighted by molar-refractivity contribution is -0.155. The van der Waals surface area contributed by atoms with Gasteiger partial charge in [0.1, 0.15) is 6.61 Å². The minimum absolute atomic E-state index is 0.196. The van der Waals surface area contributed by atoms with Crippen molar-refractivity contribution in [2.45, 2.75) is 38.7 Å². The number of rotatable bonds is 4. The molecule has 0 saturated heterocycles. The van der Waals surface area contributed by atoms with E-state index in [9.17, 15) is 10.1 Å². The van der Waals surface area contributed by atoms with Gasteiger partial charge in [-0.3, -0.25) is 4.79 Å². The van der Waals surface area contributed by atoms with Crippen LogP contribution in [0.15, 0.2) is 42.7 Å². The summed E-state index contributed by atoms with van der Waals surface area (Å²) in [5.41, 5.74) is 0.914. The van der Waals surface area contributed by atoms with E-state index in [1.807, 2.05) is 36.5 Å². The highest BCUT2D eigenvalue weighted by Gasteiger charge is 2.41. The lowest BCUT2D eigenvalue weighted by Crippen LogP contribution is -2.33. The van der Waals surface area contributed by atoms with Crippen LogP contribution in [0.3, 0.4) is 0 Å². The first kappa shape index (κ1) is 15.3. The molecule has 0 bridgehead atoms. The van der Waals surface area contributed by atoms with E-state index >= 15 is 0 Å². The summed E-state index contributed by atoms with van der Waals surface area (Å²) in [6, 6.07) is 11.7. The van der Waals surface area contributed by atoms with Crippen LogP contribution in [0.2, 0.25) is 0 Å². The normalized spacial score (nSPS) is 16.5. The molecule has 0 atom stereocenters. The van der Waals surface area contributed by atoms with Gasteiger partial charge >= 0.3 is 5.97 Å². The molecule has 5 heteroatoms. The van der Waals surface area contributed by atoms with Gasteiger partial charge in [0, 0.05) is 12.4 Å². The highest BCUT2D eigenvalue weighted by atomic mass is 16.5. The van der Waals surface area contributed by atoms with Crippen molar-refractivity contribution in [1.29, 1.82) is 5.26 Å². The van der Waals surface area contributed by atoms with E-state index < -0.39 is 5.41 Å². The Kier molecular flexibility index (Phi) is 4.42. The summed E-state index contributed by atoms with van der Waals surface area (Å²) in [5.74, 6) is -0.379. The molecule has 0 amide bonds. The Morgan fingerprint density at radius 3 is 2.61 bits per heavy atom. The summed E-state index contributed by atoms with van der Waals surface area (Å²) in [7, 11) is 0. The summed E-state index contributed by atoms with van der Waals surface area (Å²) in [6.07, 6.45) is 7.74. The van der Waals surface area contributed by atoms with Gasteiger partial charge < -0.3 is 4.74 Å². The zero-order valence-electron chi connectivity index (χ0n) is 12.9. The molecule has 1 aliphatic carbocycles. The van der Waals surface area contributed by atoms with Crippen molar-refractivity contribution in [2.24, 2.45) is 5.41 Å². The summed E-state index contributed by atoms with van der Waals surface area (Å²) < 4.78 is 7.17. The molecule has 1 aliphatic rings. The molecule has 0 N–H and O–H groups in total. The molecule has 2 aromatic rings. The number of nitrogens with zero attached hydrogens (tertiary/aromatic N) is 3. The van der Waals surface area contributed by atoms with E-state index in [4.69, 9.17) is 4.74 Å². The maximum atomic E-state index is 12.3. The summed E-state index contributed by atoms with van der Waals surface area (Å²) in [6.45, 7) is 0.196. The molecule has 3 rings (SSSR count). The van der Waals surface area contributed by atoms with E-state index in [0.717, 1.165) is 30.5 Å². The van der Waals surface area contributed by atoms with Gasteiger partial charge in [0.05, 0.1) is 11.8 Å². The van der Waals surface area contributed by atoms with Crippen molar-refractivity contribution < 1.29 is 9.53 Å². The van der Waals surface area contributed by atoms with Gasteiger partial charge in [0.2, 0.25) is 0 Å². The molecule has 0 radical (unpaired) electrons. The highest BCUT2D eigenvalue weighted by molar-refractivity contribution is 5.80. The zero-order valence-corrected chi connectivity index (χ0v) is 12.9. The van der Waals surface area contributed by atoms with Crippen LogP contribution in [0.25, 0.3) is 5.69 Å². The predicted octanol–water partition coefficient (Wildman–Crippen LogP) is 3.39. The molecule has 1 heterocycles. The molecule has 1 aromatic heterocycles. The largest absolute Gasteiger partial charge is 0.460 e. The lowest BCUT2D eigenvalue weighted by atomic mass is 9.75. The third-order valence-electron chi connectivity index (χ3n) is 4.39. The van der Waals surface area contributed by atoms with Gasteiger partial charge in [-0.05, 0) is 36.6 Å². The van der Waals surface area contributed by atoms with Gasteiger partial charge in [-0.15, -0.1) is 0 Å². The first-order valence-corrected chi connectivity index (χ1v) is 7.91. The summed E-state index contributed by atoms with van der Waals surface area (Å²) in [5, 5.41) is 13.6. The van der Waals surface area contributed by atoms with Gasteiger partial charge in [-0.2, -0.15) is 10.4 Å². The van der Waals surface area contributed by atoms with Crippen LogP contribution in [0.5, 0.6) is 0 Å². The Hall–Kier alpha value is -2.61. The van der Waals surface area contributed by atoms with Crippen molar-refractivity contribution in [1.82, 2.24) is 9.78 Å². The summed E-state index contributed by atoms with van der Waals surface area (Å²) >= 11 is 0. The molecule has 0 spiro atoms. The molecule has 1 fully saturated rings. The van der Waals surface area contributed by atoms with Crippen molar-refractivity contribution in [3.8, 4) is 11.8 Å². The molecule has 0 aliphatic heterocycles. The third kappa shape index (κ3) is 3.26. The van der Waals surface area contributed by atoms with E-state index in [1.54, 1.807) is 10.9 Å². The van der Waals surface area contributed by atoms with Gasteiger partial charge in [0.25, 0.3) is 0 Å². The van der Waals surface area contributed by atoms with Crippen molar-refractivity contribution >= 4 is 5.97 Å². The maximum absolute atomic E-state index is 12.3. The first-order chi connectivity index (χ1) is 11.2. The van der Waals surface area contributed by atoms with Crippen LogP contribution in [-0.2, 0) is 16.1 Å². The standard InChI is InChI=1S/C18H19N3O2/c19-14-18(9-2-1-3-10-18)17(22)23-13-15-5-7-16(8-6-15)21-12-4-11-20-21/h4-8,11-12H,1-3,9-10,13H2.